The van der Waals surface area contributed by atoms with Crippen LogP contribution in [0.1, 0.15) is 45.4 Å². The van der Waals surface area contributed by atoms with Crippen LogP contribution >= 0.6 is 0 Å². The first kappa shape index (κ1) is 13.4. The fourth-order valence-corrected chi connectivity index (χ4v) is 1.15. The smallest absolute Gasteiger partial charge is 0.305 e. The van der Waals surface area contributed by atoms with Crippen LogP contribution in [0.2, 0.25) is 0 Å². The number of hydrogen-bond donors (Lipinski definition) is 1. The van der Waals surface area contributed by atoms with Gasteiger partial charge in [-0.1, -0.05) is 19.8 Å². The summed E-state index contributed by atoms with van der Waals surface area (Å²) in [5.41, 5.74) is 0. The highest BCUT2D eigenvalue weighted by atomic mass is 16.5. The molecule has 0 heterocycles. The molecule has 0 aromatic heterocycles. The molecule has 3 heteroatoms. The fourth-order valence-electron chi connectivity index (χ4n) is 1.15. The molecule has 14 heavy (non-hydrogen) atoms. The van der Waals surface area contributed by atoms with E-state index in [1.807, 2.05) is 7.05 Å². The van der Waals surface area contributed by atoms with Gasteiger partial charge in [0, 0.05) is 6.42 Å². The van der Waals surface area contributed by atoms with Crippen molar-refractivity contribution >= 4 is 5.97 Å². The minimum Gasteiger partial charge on any atom is -0.466 e. The van der Waals surface area contributed by atoms with Crippen LogP contribution in [-0.2, 0) is 9.53 Å². The number of ether oxygens (including phenoxy) is 1. The van der Waals surface area contributed by atoms with Crippen molar-refractivity contribution in [2.24, 2.45) is 0 Å². The lowest BCUT2D eigenvalue weighted by Crippen LogP contribution is -2.08. The Balaban J connectivity index is 3.10. The van der Waals surface area contributed by atoms with Gasteiger partial charge >= 0.3 is 5.97 Å². The third-order valence-corrected chi connectivity index (χ3v) is 2.07. The molecule has 1 N–H and O–H groups in total. The van der Waals surface area contributed by atoms with Crippen LogP contribution < -0.4 is 5.32 Å². The molecule has 84 valence electrons. The molecule has 0 fully saturated rings. The molecule has 0 aliphatic rings. The van der Waals surface area contributed by atoms with Gasteiger partial charge in [0.2, 0.25) is 0 Å². The highest BCUT2D eigenvalue weighted by Gasteiger charge is 2.01. The van der Waals surface area contributed by atoms with E-state index >= 15 is 0 Å². The van der Waals surface area contributed by atoms with Crippen molar-refractivity contribution in [1.82, 2.24) is 5.32 Å². The van der Waals surface area contributed by atoms with Gasteiger partial charge in [0.1, 0.15) is 0 Å². The zero-order valence-electron chi connectivity index (χ0n) is 9.47. The minimum absolute atomic E-state index is 0.0390. The second kappa shape index (κ2) is 10.5. The van der Waals surface area contributed by atoms with E-state index in [2.05, 4.69) is 12.2 Å². The molecule has 0 saturated heterocycles. The number of carbonyl (C=O) groups excluding carboxylic acids is 1. The van der Waals surface area contributed by atoms with E-state index in [4.69, 9.17) is 4.74 Å². The van der Waals surface area contributed by atoms with Crippen LogP contribution in [0, 0.1) is 0 Å². The second-order valence-electron chi connectivity index (χ2n) is 3.49. The summed E-state index contributed by atoms with van der Waals surface area (Å²) >= 11 is 0. The van der Waals surface area contributed by atoms with Crippen molar-refractivity contribution in [3.05, 3.63) is 0 Å². The first-order chi connectivity index (χ1) is 6.81. The molecule has 0 bridgehead atoms. The summed E-state index contributed by atoms with van der Waals surface area (Å²) in [5.74, 6) is -0.0390. The largest absolute Gasteiger partial charge is 0.466 e. The highest BCUT2D eigenvalue weighted by Crippen LogP contribution is 2.01. The van der Waals surface area contributed by atoms with Gasteiger partial charge in [-0.05, 0) is 32.9 Å². The first-order valence-corrected chi connectivity index (χ1v) is 5.61. The van der Waals surface area contributed by atoms with Crippen molar-refractivity contribution in [3.8, 4) is 0 Å². The number of esters is 1. The van der Waals surface area contributed by atoms with Crippen molar-refractivity contribution in [2.75, 3.05) is 20.2 Å². The fraction of sp³-hybridized carbons (Fsp3) is 0.909. The third kappa shape index (κ3) is 9.52. The molecule has 0 aromatic carbocycles. The normalized spacial score (nSPS) is 10.1. The number of carbonyl (C=O) groups is 1. The quantitative estimate of drug-likeness (QED) is 0.458. The van der Waals surface area contributed by atoms with Crippen molar-refractivity contribution in [3.63, 3.8) is 0 Å². The van der Waals surface area contributed by atoms with Crippen molar-refractivity contribution in [1.29, 1.82) is 0 Å². The number of hydrogen-bond acceptors (Lipinski definition) is 3. The molecule has 0 saturated carbocycles. The van der Waals surface area contributed by atoms with Crippen LogP contribution in [0.5, 0.6) is 0 Å². The van der Waals surface area contributed by atoms with Gasteiger partial charge in [0.25, 0.3) is 0 Å². The average Bonchev–Trinajstić information content (AvgIpc) is 2.18. The van der Waals surface area contributed by atoms with Crippen LogP contribution in [0.3, 0.4) is 0 Å². The molecule has 0 rings (SSSR count). The van der Waals surface area contributed by atoms with Gasteiger partial charge in [0.15, 0.2) is 0 Å². The first-order valence-electron chi connectivity index (χ1n) is 5.61. The van der Waals surface area contributed by atoms with E-state index in [0.29, 0.717) is 13.0 Å². The molecule has 0 amide bonds. The Morgan fingerprint density at radius 2 is 2.00 bits per heavy atom. The topological polar surface area (TPSA) is 38.3 Å². The van der Waals surface area contributed by atoms with Crippen molar-refractivity contribution in [2.45, 2.75) is 45.4 Å². The number of rotatable bonds is 9. The standard InChI is InChI=1S/C11H23NO2/c1-3-4-10-14-11(13)8-6-5-7-9-12-2/h12H,3-10H2,1-2H3. The molecular formula is C11H23NO2. The molecule has 0 unspecified atom stereocenters. The van der Waals surface area contributed by atoms with Crippen molar-refractivity contribution < 1.29 is 9.53 Å². The van der Waals surface area contributed by atoms with Crippen LogP contribution in [0.4, 0.5) is 0 Å². The maximum Gasteiger partial charge on any atom is 0.305 e. The zero-order valence-corrected chi connectivity index (χ0v) is 9.47. The highest BCUT2D eigenvalue weighted by molar-refractivity contribution is 5.69. The molecule has 0 aliphatic carbocycles. The Morgan fingerprint density at radius 3 is 2.64 bits per heavy atom. The Kier molecular flexibility index (Phi) is 10.1. The minimum atomic E-state index is -0.0390. The summed E-state index contributed by atoms with van der Waals surface area (Å²) in [6.07, 6.45) is 5.82. The molecule has 0 radical (unpaired) electrons. The van der Waals surface area contributed by atoms with Gasteiger partial charge in [-0.15, -0.1) is 0 Å². The lowest BCUT2D eigenvalue weighted by molar-refractivity contribution is -0.143. The Bertz CT molecular complexity index is 137. The van der Waals surface area contributed by atoms with Gasteiger partial charge < -0.3 is 10.1 Å². The lowest BCUT2D eigenvalue weighted by atomic mass is 10.2. The average molecular weight is 201 g/mol. The Labute approximate surface area is 87.2 Å². The van der Waals surface area contributed by atoms with Gasteiger partial charge in [-0.3, -0.25) is 4.79 Å². The predicted molar refractivity (Wildman–Crippen MR) is 58.3 cm³/mol. The summed E-state index contributed by atoms with van der Waals surface area (Å²) in [6.45, 7) is 3.71. The summed E-state index contributed by atoms with van der Waals surface area (Å²) in [5, 5.41) is 3.08. The maximum atomic E-state index is 11.1. The Morgan fingerprint density at radius 1 is 1.21 bits per heavy atom. The van der Waals surface area contributed by atoms with E-state index in [9.17, 15) is 4.79 Å². The third-order valence-electron chi connectivity index (χ3n) is 2.07. The van der Waals surface area contributed by atoms with E-state index < -0.39 is 0 Å². The predicted octanol–water partition coefficient (Wildman–Crippen LogP) is 2.11. The van der Waals surface area contributed by atoms with Crippen LogP contribution in [0.15, 0.2) is 0 Å². The molecule has 0 aliphatic heterocycles. The van der Waals surface area contributed by atoms with E-state index in [0.717, 1.165) is 38.6 Å². The van der Waals surface area contributed by atoms with Gasteiger partial charge in [0.05, 0.1) is 6.61 Å². The summed E-state index contributed by atoms with van der Waals surface area (Å²) < 4.78 is 5.03. The Hall–Kier alpha value is -0.570. The second-order valence-corrected chi connectivity index (χ2v) is 3.49. The SMILES string of the molecule is CCCCOC(=O)CCCCCNC. The van der Waals surface area contributed by atoms with E-state index in [1.54, 1.807) is 0 Å². The summed E-state index contributed by atoms with van der Waals surface area (Å²) in [6, 6.07) is 0. The molecule has 0 spiro atoms. The molecule has 0 aromatic rings. The molecular weight excluding hydrogens is 178 g/mol. The van der Waals surface area contributed by atoms with Gasteiger partial charge in [-0.2, -0.15) is 0 Å². The summed E-state index contributed by atoms with van der Waals surface area (Å²) in [7, 11) is 1.94. The number of nitrogens with one attached hydrogen (secondary N) is 1. The van der Waals surface area contributed by atoms with Crippen LogP contribution in [0.25, 0.3) is 0 Å². The van der Waals surface area contributed by atoms with Gasteiger partial charge in [-0.25, -0.2) is 0 Å². The molecule has 0 atom stereocenters. The van der Waals surface area contributed by atoms with E-state index in [1.165, 1.54) is 0 Å². The molecule has 3 nitrogen and oxygen atoms in total. The lowest BCUT2D eigenvalue weighted by Gasteiger charge is -2.03. The monoisotopic (exact) mass is 201 g/mol. The van der Waals surface area contributed by atoms with E-state index in [-0.39, 0.29) is 5.97 Å². The maximum absolute atomic E-state index is 11.1. The van der Waals surface area contributed by atoms with Crippen LogP contribution in [-0.4, -0.2) is 26.2 Å². The summed E-state index contributed by atoms with van der Waals surface area (Å²) in [4.78, 5) is 11.1. The zero-order chi connectivity index (χ0) is 10.6. The number of unbranched alkanes of at least 4 members (excludes halogenated alkanes) is 3.